The molecule has 0 aliphatic carbocycles. The van der Waals surface area contributed by atoms with Crippen LogP contribution in [-0.2, 0) is 9.53 Å². The zero-order valence-corrected chi connectivity index (χ0v) is 8.85. The van der Waals surface area contributed by atoms with Gasteiger partial charge in [0.1, 0.15) is 0 Å². The predicted molar refractivity (Wildman–Crippen MR) is 54.3 cm³/mol. The van der Waals surface area contributed by atoms with Crippen molar-refractivity contribution in [3.05, 3.63) is 23.5 Å². The largest absolute Gasteiger partial charge is 0.467 e. The number of methoxy groups -OCH3 is 2. The Balaban J connectivity index is 2.84. The first-order chi connectivity index (χ1) is 7.17. The van der Waals surface area contributed by atoms with E-state index in [1.54, 1.807) is 25.4 Å². The predicted octanol–water partition coefficient (Wildman–Crippen LogP) is 1.06. The Hall–Kier alpha value is -1.91. The van der Waals surface area contributed by atoms with Crippen molar-refractivity contribution in [3.8, 4) is 6.01 Å². The lowest BCUT2D eigenvalue weighted by atomic mass is 10.2. The summed E-state index contributed by atoms with van der Waals surface area (Å²) in [5.41, 5.74) is 1.21. The molecule has 0 atom stereocenters. The van der Waals surface area contributed by atoms with Gasteiger partial charge in [-0.2, -0.15) is 0 Å². The van der Waals surface area contributed by atoms with Gasteiger partial charge in [-0.25, -0.2) is 14.8 Å². The van der Waals surface area contributed by atoms with Crippen LogP contribution >= 0.6 is 0 Å². The van der Waals surface area contributed by atoms with Gasteiger partial charge < -0.3 is 9.47 Å². The van der Waals surface area contributed by atoms with Gasteiger partial charge >= 0.3 is 12.0 Å². The molecule has 80 valence electrons. The normalized spacial score (nSPS) is 11.0. The van der Waals surface area contributed by atoms with E-state index >= 15 is 0 Å². The Labute approximate surface area is 87.8 Å². The second kappa shape index (κ2) is 5.09. The van der Waals surface area contributed by atoms with E-state index in [9.17, 15) is 4.79 Å². The molecule has 0 aliphatic heterocycles. The minimum Gasteiger partial charge on any atom is -0.467 e. The molecule has 1 aromatic rings. The molecule has 0 spiro atoms. The van der Waals surface area contributed by atoms with Crippen LogP contribution in [0.15, 0.2) is 18.0 Å². The first kappa shape index (κ1) is 11.2. The van der Waals surface area contributed by atoms with Gasteiger partial charge in [-0.05, 0) is 13.0 Å². The topological polar surface area (TPSA) is 61.3 Å². The molecule has 15 heavy (non-hydrogen) atoms. The number of esters is 1. The SMILES string of the molecule is COC(=O)C(C)=Cc1cnc(OC)nc1. The highest BCUT2D eigenvalue weighted by atomic mass is 16.5. The van der Waals surface area contributed by atoms with Crippen molar-refractivity contribution in [2.45, 2.75) is 6.92 Å². The molecule has 5 heteroatoms. The fourth-order valence-corrected chi connectivity index (χ4v) is 0.976. The molecule has 0 N–H and O–H groups in total. The molecule has 0 fully saturated rings. The molecule has 5 nitrogen and oxygen atoms in total. The Bertz CT molecular complexity index is 371. The third-order valence-corrected chi connectivity index (χ3v) is 1.72. The lowest BCUT2D eigenvalue weighted by molar-refractivity contribution is -0.135. The van der Waals surface area contributed by atoms with E-state index in [1.807, 2.05) is 0 Å². The summed E-state index contributed by atoms with van der Waals surface area (Å²) in [6.45, 7) is 1.66. The maximum Gasteiger partial charge on any atom is 0.333 e. The van der Waals surface area contributed by atoms with Gasteiger partial charge in [0.05, 0.1) is 14.2 Å². The number of carbonyl (C=O) groups is 1. The Morgan fingerprint density at radius 1 is 1.33 bits per heavy atom. The summed E-state index contributed by atoms with van der Waals surface area (Å²) in [4.78, 5) is 18.9. The number of nitrogens with zero attached hydrogens (tertiary/aromatic N) is 2. The van der Waals surface area contributed by atoms with E-state index in [2.05, 4.69) is 14.7 Å². The molecule has 0 amide bonds. The summed E-state index contributed by atoms with van der Waals surface area (Å²) in [5, 5.41) is 0. The summed E-state index contributed by atoms with van der Waals surface area (Å²) in [6.07, 6.45) is 4.78. The highest BCUT2D eigenvalue weighted by molar-refractivity contribution is 5.92. The third kappa shape index (κ3) is 3.05. The quantitative estimate of drug-likeness (QED) is 0.549. The summed E-state index contributed by atoms with van der Waals surface area (Å²) in [5.74, 6) is -0.370. The molecule has 0 bridgehead atoms. The number of ether oxygens (including phenoxy) is 2. The van der Waals surface area contributed by atoms with Gasteiger partial charge in [-0.3, -0.25) is 0 Å². The fraction of sp³-hybridized carbons (Fsp3) is 0.300. The van der Waals surface area contributed by atoms with Gasteiger partial charge in [-0.15, -0.1) is 0 Å². The van der Waals surface area contributed by atoms with Crippen molar-refractivity contribution in [3.63, 3.8) is 0 Å². The van der Waals surface area contributed by atoms with Crippen LogP contribution in [-0.4, -0.2) is 30.2 Å². The fourth-order valence-electron chi connectivity index (χ4n) is 0.976. The van der Waals surface area contributed by atoms with Crippen LogP contribution in [0.1, 0.15) is 12.5 Å². The third-order valence-electron chi connectivity index (χ3n) is 1.72. The number of hydrogen-bond donors (Lipinski definition) is 0. The zero-order chi connectivity index (χ0) is 11.3. The van der Waals surface area contributed by atoms with Crippen molar-refractivity contribution in [2.75, 3.05) is 14.2 Å². The van der Waals surface area contributed by atoms with E-state index in [0.29, 0.717) is 11.6 Å². The van der Waals surface area contributed by atoms with Gasteiger partial charge in [0.2, 0.25) is 0 Å². The van der Waals surface area contributed by atoms with E-state index < -0.39 is 0 Å². The van der Waals surface area contributed by atoms with Crippen LogP contribution < -0.4 is 4.74 Å². The van der Waals surface area contributed by atoms with Crippen molar-refractivity contribution in [2.24, 2.45) is 0 Å². The Morgan fingerprint density at radius 3 is 2.40 bits per heavy atom. The van der Waals surface area contributed by atoms with Gasteiger partial charge in [-0.1, -0.05) is 0 Å². The van der Waals surface area contributed by atoms with E-state index in [4.69, 9.17) is 4.74 Å². The molecule has 0 saturated heterocycles. The second-order valence-corrected chi connectivity index (χ2v) is 2.82. The Kier molecular flexibility index (Phi) is 3.79. The van der Waals surface area contributed by atoms with Crippen molar-refractivity contribution >= 4 is 12.0 Å². The highest BCUT2D eigenvalue weighted by Crippen LogP contribution is 2.07. The maximum absolute atomic E-state index is 11.1. The molecular weight excluding hydrogens is 196 g/mol. The highest BCUT2D eigenvalue weighted by Gasteiger charge is 2.03. The van der Waals surface area contributed by atoms with Gasteiger partial charge in [0.25, 0.3) is 0 Å². The van der Waals surface area contributed by atoms with Crippen molar-refractivity contribution < 1.29 is 14.3 Å². The lowest BCUT2D eigenvalue weighted by Gasteiger charge is -1.99. The monoisotopic (exact) mass is 208 g/mol. The van der Waals surface area contributed by atoms with E-state index in [-0.39, 0.29) is 5.97 Å². The first-order valence-electron chi connectivity index (χ1n) is 4.30. The molecular formula is C10H12N2O3. The standard InChI is InChI=1S/C10H12N2O3/c1-7(9(13)14-2)4-8-5-11-10(15-3)12-6-8/h4-6H,1-3H3. The van der Waals surface area contributed by atoms with E-state index in [1.165, 1.54) is 14.2 Å². The minimum absolute atomic E-state index is 0.294. The number of aromatic nitrogens is 2. The molecule has 0 aromatic carbocycles. The van der Waals surface area contributed by atoms with E-state index in [0.717, 1.165) is 5.56 Å². The summed E-state index contributed by atoms with van der Waals surface area (Å²) in [6, 6.07) is 0.294. The molecule has 1 heterocycles. The van der Waals surface area contributed by atoms with Crippen LogP contribution in [0.5, 0.6) is 6.01 Å². The number of rotatable bonds is 3. The smallest absolute Gasteiger partial charge is 0.333 e. The average molecular weight is 208 g/mol. The maximum atomic E-state index is 11.1. The second-order valence-electron chi connectivity index (χ2n) is 2.82. The van der Waals surface area contributed by atoms with Crippen LogP contribution in [0.2, 0.25) is 0 Å². The van der Waals surface area contributed by atoms with Crippen molar-refractivity contribution in [1.82, 2.24) is 9.97 Å². The molecule has 0 saturated carbocycles. The molecule has 0 aliphatic rings. The minimum atomic E-state index is -0.370. The van der Waals surface area contributed by atoms with Crippen molar-refractivity contribution in [1.29, 1.82) is 0 Å². The Morgan fingerprint density at radius 2 is 1.93 bits per heavy atom. The number of hydrogen-bond acceptors (Lipinski definition) is 5. The lowest BCUT2D eigenvalue weighted by Crippen LogP contribution is -2.01. The summed E-state index contributed by atoms with van der Waals surface area (Å²) < 4.78 is 9.36. The van der Waals surface area contributed by atoms with Crippen LogP contribution in [0.25, 0.3) is 6.08 Å². The first-order valence-corrected chi connectivity index (χ1v) is 4.30. The molecule has 1 rings (SSSR count). The summed E-state index contributed by atoms with van der Waals surface area (Å²) in [7, 11) is 2.83. The molecule has 0 unspecified atom stereocenters. The van der Waals surface area contributed by atoms with Gasteiger partial charge in [0.15, 0.2) is 0 Å². The molecule has 1 aromatic heterocycles. The number of carbonyl (C=O) groups excluding carboxylic acids is 1. The summed E-state index contributed by atoms with van der Waals surface area (Å²) >= 11 is 0. The molecule has 0 radical (unpaired) electrons. The van der Waals surface area contributed by atoms with Gasteiger partial charge in [0, 0.05) is 23.5 Å². The van der Waals surface area contributed by atoms with Crippen LogP contribution in [0, 0.1) is 0 Å². The van der Waals surface area contributed by atoms with Crippen LogP contribution in [0.3, 0.4) is 0 Å². The average Bonchev–Trinajstić information content (AvgIpc) is 2.29. The zero-order valence-electron chi connectivity index (χ0n) is 8.85. The van der Waals surface area contributed by atoms with Crippen LogP contribution in [0.4, 0.5) is 0 Å².